The second-order valence-electron chi connectivity index (χ2n) is 8.79. The molecule has 0 aliphatic carbocycles. The second kappa shape index (κ2) is 9.66. The molecule has 2 aliphatic rings. The summed E-state index contributed by atoms with van der Waals surface area (Å²) in [4.78, 5) is 17.2. The fourth-order valence-electron chi connectivity index (χ4n) is 4.87. The molecular weight excluding hydrogens is 450 g/mol. The molecule has 2 heterocycles. The number of fused-ring (bicyclic) bond motifs is 2. The van der Waals surface area contributed by atoms with Gasteiger partial charge in [0.25, 0.3) is 0 Å². The normalized spacial score (nSPS) is 20.7. The molecule has 2 unspecified atom stereocenters. The third-order valence-electron chi connectivity index (χ3n) is 6.38. The number of rotatable bonds is 6. The van der Waals surface area contributed by atoms with Gasteiger partial charge >= 0.3 is 6.36 Å². The lowest BCUT2D eigenvalue weighted by Crippen LogP contribution is -2.55. The fourth-order valence-corrected chi connectivity index (χ4v) is 4.87. The van der Waals surface area contributed by atoms with Crippen LogP contribution in [0.1, 0.15) is 29.5 Å². The molecular formula is C25H27F4N3O2. The molecule has 5 nitrogen and oxygen atoms in total. The quantitative estimate of drug-likeness (QED) is 0.472. The van der Waals surface area contributed by atoms with Gasteiger partial charge in [0.15, 0.2) is 0 Å². The number of anilines is 1. The summed E-state index contributed by atoms with van der Waals surface area (Å²) in [6.45, 7) is 3.68. The summed E-state index contributed by atoms with van der Waals surface area (Å²) >= 11 is 0. The van der Waals surface area contributed by atoms with Crippen molar-refractivity contribution in [3.8, 4) is 5.75 Å². The van der Waals surface area contributed by atoms with Crippen LogP contribution in [-0.2, 0) is 11.3 Å². The number of carbonyl (C=O) groups is 1. The van der Waals surface area contributed by atoms with E-state index in [-0.39, 0.29) is 29.6 Å². The molecule has 0 spiro atoms. The van der Waals surface area contributed by atoms with E-state index in [9.17, 15) is 22.4 Å². The first-order chi connectivity index (χ1) is 16.1. The zero-order chi connectivity index (χ0) is 24.5. The lowest BCUT2D eigenvalue weighted by atomic mass is 10.1. The highest BCUT2D eigenvalue weighted by Gasteiger charge is 2.41. The molecule has 2 bridgehead atoms. The van der Waals surface area contributed by atoms with Crippen molar-refractivity contribution in [2.45, 2.75) is 44.8 Å². The maximum Gasteiger partial charge on any atom is 0.573 e. The van der Waals surface area contributed by atoms with Gasteiger partial charge < -0.3 is 15.0 Å². The Kier molecular flexibility index (Phi) is 6.84. The molecule has 182 valence electrons. The average Bonchev–Trinajstić information content (AvgIpc) is 3.05. The zero-order valence-electron chi connectivity index (χ0n) is 19.0. The number of amides is 1. The van der Waals surface area contributed by atoms with Crippen molar-refractivity contribution in [3.63, 3.8) is 0 Å². The number of halogens is 4. The summed E-state index contributed by atoms with van der Waals surface area (Å²) in [5.74, 6) is -0.721. The van der Waals surface area contributed by atoms with Crippen molar-refractivity contribution in [1.82, 2.24) is 9.80 Å². The molecule has 2 atom stereocenters. The van der Waals surface area contributed by atoms with Crippen LogP contribution >= 0.6 is 0 Å². The van der Waals surface area contributed by atoms with Gasteiger partial charge in [0.05, 0.1) is 0 Å². The van der Waals surface area contributed by atoms with Gasteiger partial charge in [-0.25, -0.2) is 4.39 Å². The summed E-state index contributed by atoms with van der Waals surface area (Å²) in [7, 11) is 1.67. The highest BCUT2D eigenvalue weighted by Crippen LogP contribution is 2.33. The lowest BCUT2D eigenvalue weighted by Gasteiger charge is -2.40. The van der Waals surface area contributed by atoms with E-state index < -0.39 is 6.36 Å². The van der Waals surface area contributed by atoms with Crippen molar-refractivity contribution in [2.24, 2.45) is 0 Å². The number of hydrogen-bond donors (Lipinski definition) is 1. The number of nitrogens with one attached hydrogen (secondary N) is 1. The van der Waals surface area contributed by atoms with Gasteiger partial charge in [-0.2, -0.15) is 0 Å². The predicted octanol–water partition coefficient (Wildman–Crippen LogP) is 4.96. The Labute approximate surface area is 196 Å². The molecule has 2 aromatic rings. The van der Waals surface area contributed by atoms with Crippen molar-refractivity contribution in [3.05, 3.63) is 65.0 Å². The molecule has 1 N–H and O–H groups in total. The van der Waals surface area contributed by atoms with Crippen LogP contribution in [0.25, 0.3) is 6.08 Å². The summed E-state index contributed by atoms with van der Waals surface area (Å²) in [6, 6.07) is 9.43. The van der Waals surface area contributed by atoms with E-state index in [1.165, 1.54) is 37.3 Å². The Bertz CT molecular complexity index is 1060. The van der Waals surface area contributed by atoms with Crippen molar-refractivity contribution in [2.75, 3.05) is 25.5 Å². The molecule has 0 saturated carbocycles. The van der Waals surface area contributed by atoms with Gasteiger partial charge in [-0.1, -0.05) is 12.1 Å². The highest BCUT2D eigenvalue weighted by molar-refractivity contribution is 5.93. The van der Waals surface area contributed by atoms with Gasteiger partial charge in [0.2, 0.25) is 5.91 Å². The highest BCUT2D eigenvalue weighted by atomic mass is 19.4. The Hall–Kier alpha value is -3.07. The maximum absolute atomic E-state index is 13.2. The van der Waals surface area contributed by atoms with Gasteiger partial charge in [0.1, 0.15) is 11.6 Å². The number of alkyl halides is 3. The number of carbonyl (C=O) groups excluding carboxylic acids is 1. The summed E-state index contributed by atoms with van der Waals surface area (Å²) in [6.07, 6.45) is -0.0411. The van der Waals surface area contributed by atoms with Gasteiger partial charge in [-0.15, -0.1) is 13.2 Å². The molecule has 9 heteroatoms. The van der Waals surface area contributed by atoms with Crippen molar-refractivity contribution < 1.29 is 27.1 Å². The van der Waals surface area contributed by atoms with E-state index in [1.807, 2.05) is 4.90 Å². The molecule has 34 heavy (non-hydrogen) atoms. The molecule has 0 aromatic heterocycles. The standard InChI is InChI=1S/C25H27F4N3O2/c1-16-11-22(30-2)18(12-23(16)34-25(27,28)29)5-10-24(33)32-20-8-9-21(32)15-31(14-20)13-17-3-6-19(26)7-4-17/h3-7,10-12,20-21,30H,8-9,13-15H2,1-2H3/b10-5+. The zero-order valence-corrected chi connectivity index (χ0v) is 19.0. The Morgan fingerprint density at radius 3 is 2.38 bits per heavy atom. The third kappa shape index (κ3) is 5.52. The first-order valence-electron chi connectivity index (χ1n) is 11.2. The molecule has 2 fully saturated rings. The molecule has 4 rings (SSSR count). The number of ether oxygens (including phenoxy) is 1. The van der Waals surface area contributed by atoms with E-state index in [4.69, 9.17) is 0 Å². The second-order valence-corrected chi connectivity index (χ2v) is 8.79. The van der Waals surface area contributed by atoms with Crippen molar-refractivity contribution >= 4 is 17.7 Å². The minimum Gasteiger partial charge on any atom is -0.405 e. The smallest absolute Gasteiger partial charge is 0.405 e. The van der Waals surface area contributed by atoms with Crippen molar-refractivity contribution in [1.29, 1.82) is 0 Å². The lowest BCUT2D eigenvalue weighted by molar-refractivity contribution is -0.274. The van der Waals surface area contributed by atoms with Gasteiger partial charge in [-0.3, -0.25) is 9.69 Å². The fraction of sp³-hybridized carbons (Fsp3) is 0.400. The van der Waals surface area contributed by atoms with Crippen LogP contribution < -0.4 is 10.1 Å². The third-order valence-corrected chi connectivity index (χ3v) is 6.38. The summed E-state index contributed by atoms with van der Waals surface area (Å²) < 4.78 is 55.5. The first-order valence-corrected chi connectivity index (χ1v) is 11.2. The van der Waals surface area contributed by atoms with Crippen LogP contribution in [0.15, 0.2) is 42.5 Å². The summed E-state index contributed by atoms with van der Waals surface area (Å²) in [5, 5.41) is 2.95. The first kappa shape index (κ1) is 24.1. The number of benzene rings is 2. The van der Waals surface area contributed by atoms with E-state index in [1.54, 1.807) is 25.2 Å². The molecule has 2 aliphatic heterocycles. The van der Waals surface area contributed by atoms with Gasteiger partial charge in [0, 0.05) is 56.1 Å². The Balaban J connectivity index is 1.45. The van der Waals surface area contributed by atoms with Crippen LogP contribution in [0.3, 0.4) is 0 Å². The summed E-state index contributed by atoms with van der Waals surface area (Å²) in [5.41, 5.74) is 2.39. The maximum atomic E-state index is 13.2. The predicted molar refractivity (Wildman–Crippen MR) is 122 cm³/mol. The largest absolute Gasteiger partial charge is 0.573 e. The minimum atomic E-state index is -4.80. The Morgan fingerprint density at radius 1 is 1.15 bits per heavy atom. The van der Waals surface area contributed by atoms with E-state index in [0.717, 1.165) is 31.5 Å². The number of piperazine rings is 1. The number of aryl methyl sites for hydroxylation is 1. The molecule has 2 aromatic carbocycles. The monoisotopic (exact) mass is 477 g/mol. The molecule has 0 radical (unpaired) electrons. The van der Waals surface area contributed by atoms with Crippen LogP contribution in [-0.4, -0.2) is 54.3 Å². The van der Waals surface area contributed by atoms with Crippen LogP contribution in [0.2, 0.25) is 0 Å². The number of likely N-dealkylation sites (tertiary alicyclic amines) is 1. The minimum absolute atomic E-state index is 0.0715. The molecule has 2 saturated heterocycles. The van der Waals surface area contributed by atoms with E-state index in [2.05, 4.69) is 15.0 Å². The Morgan fingerprint density at radius 2 is 1.79 bits per heavy atom. The van der Waals surface area contributed by atoms with E-state index >= 15 is 0 Å². The van der Waals surface area contributed by atoms with Crippen LogP contribution in [0.4, 0.5) is 23.2 Å². The topological polar surface area (TPSA) is 44.8 Å². The van der Waals surface area contributed by atoms with Crippen LogP contribution in [0.5, 0.6) is 5.75 Å². The van der Waals surface area contributed by atoms with E-state index in [0.29, 0.717) is 23.4 Å². The number of nitrogens with zero attached hydrogens (tertiary/aromatic N) is 2. The SMILES string of the molecule is CNc1cc(C)c(OC(F)(F)F)cc1/C=C/C(=O)N1C2CCC1CN(Cc1ccc(F)cc1)C2. The average molecular weight is 478 g/mol. The van der Waals surface area contributed by atoms with Crippen LogP contribution in [0, 0.1) is 12.7 Å². The molecule has 1 amide bonds. The van der Waals surface area contributed by atoms with Gasteiger partial charge in [-0.05, 0) is 61.2 Å². The number of hydrogen-bond acceptors (Lipinski definition) is 4.